The number of hydrogen-bond donors (Lipinski definition) is 0. The van der Waals surface area contributed by atoms with E-state index in [0.717, 1.165) is 68.2 Å². The summed E-state index contributed by atoms with van der Waals surface area (Å²) < 4.78 is 0. The van der Waals surface area contributed by atoms with Crippen LogP contribution in [-0.2, 0) is 10.8 Å². The maximum absolute atomic E-state index is 2.52. The van der Waals surface area contributed by atoms with E-state index < -0.39 is 0 Å². The Morgan fingerprint density at radius 3 is 1.03 bits per heavy atom. The normalized spacial score (nSPS) is 13.2. The minimum Gasteiger partial charge on any atom is -0.310 e. The summed E-state index contributed by atoms with van der Waals surface area (Å²) in [5.41, 5.74) is 23.4. The molecule has 0 saturated carbocycles. The first kappa shape index (κ1) is 52.6. The first-order valence-electron chi connectivity index (χ1n) is 30.7. The van der Waals surface area contributed by atoms with E-state index in [0.29, 0.717) is 0 Å². The van der Waals surface area contributed by atoms with Crippen molar-refractivity contribution in [2.24, 2.45) is 0 Å². The van der Waals surface area contributed by atoms with E-state index >= 15 is 0 Å². The van der Waals surface area contributed by atoms with E-state index in [1.165, 1.54) is 76.8 Å². The maximum atomic E-state index is 2.52. The van der Waals surface area contributed by atoms with Crippen LogP contribution in [0, 0.1) is 0 Å². The van der Waals surface area contributed by atoms with Gasteiger partial charge in [-0.15, -0.1) is 0 Å². The molecule has 14 aromatic carbocycles. The molecule has 4 heteroatoms. The zero-order valence-corrected chi connectivity index (χ0v) is 49.8. The van der Waals surface area contributed by atoms with Crippen molar-refractivity contribution in [2.45, 2.75) is 38.5 Å². The molecule has 0 saturated heterocycles. The van der Waals surface area contributed by atoms with E-state index in [1.54, 1.807) is 0 Å². The van der Waals surface area contributed by atoms with Crippen LogP contribution in [0.2, 0.25) is 0 Å². The Bertz CT molecular complexity index is 4950. The third-order valence-corrected chi connectivity index (χ3v) is 18.7. The van der Waals surface area contributed by atoms with E-state index in [-0.39, 0.29) is 10.8 Å². The Morgan fingerprint density at radius 2 is 0.545 bits per heavy atom. The molecule has 14 aromatic rings. The van der Waals surface area contributed by atoms with Crippen LogP contribution in [0.3, 0.4) is 0 Å². The largest absolute Gasteiger partial charge is 0.310 e. The molecule has 0 radical (unpaired) electrons. The molecule has 16 rings (SSSR count). The van der Waals surface area contributed by atoms with Gasteiger partial charge in [0.2, 0.25) is 0 Å². The fourth-order valence-corrected chi connectivity index (χ4v) is 14.7. The molecule has 0 unspecified atom stereocenters. The first-order valence-corrected chi connectivity index (χ1v) is 30.7. The van der Waals surface area contributed by atoms with Crippen molar-refractivity contribution in [1.82, 2.24) is 0 Å². The van der Waals surface area contributed by atoms with E-state index in [2.05, 4.69) is 363 Å². The third kappa shape index (κ3) is 8.50. The number of para-hydroxylation sites is 4. The smallest absolute Gasteiger partial charge is 0.0543 e. The Kier molecular flexibility index (Phi) is 12.5. The molecule has 4 nitrogen and oxygen atoms in total. The summed E-state index contributed by atoms with van der Waals surface area (Å²) in [6.07, 6.45) is 0. The second-order valence-electron chi connectivity index (χ2n) is 24.5. The van der Waals surface area contributed by atoms with Crippen LogP contribution in [0.25, 0.3) is 54.6 Å². The monoisotopic (exact) mass is 1130 g/mol. The molecule has 420 valence electrons. The van der Waals surface area contributed by atoms with Gasteiger partial charge < -0.3 is 19.6 Å². The molecule has 0 atom stereocenters. The third-order valence-electron chi connectivity index (χ3n) is 18.7. The van der Waals surface area contributed by atoms with Crippen LogP contribution in [-0.4, -0.2) is 0 Å². The van der Waals surface area contributed by atoms with Crippen molar-refractivity contribution in [2.75, 3.05) is 19.6 Å². The van der Waals surface area contributed by atoms with Crippen molar-refractivity contribution in [3.63, 3.8) is 0 Å². The lowest BCUT2D eigenvalue weighted by atomic mass is 9.72. The van der Waals surface area contributed by atoms with Gasteiger partial charge in [-0.05, 0) is 188 Å². The second-order valence-corrected chi connectivity index (χ2v) is 24.5. The van der Waals surface area contributed by atoms with Gasteiger partial charge in [-0.25, -0.2) is 0 Å². The van der Waals surface area contributed by atoms with Gasteiger partial charge in [0.1, 0.15) is 0 Å². The lowest BCUT2D eigenvalue weighted by molar-refractivity contribution is 0.601. The summed E-state index contributed by atoms with van der Waals surface area (Å²) in [4.78, 5) is 9.65. The van der Waals surface area contributed by atoms with E-state index in [4.69, 9.17) is 0 Å². The molecule has 0 aliphatic heterocycles. The standard InChI is InChI=1S/C84H64N4/c1-83(2)75-55-67(85(59-29-9-5-10-30-59)63-43-45-64(46-44-63)86(60-31-11-6-12-32-60)77-41-23-27-57-25-17-19-37-68(57)77)51-52-70(75)73-53-54-74-80-72-40-22-21-39-71(72)79(56-76(80)84(3,4)82(74)81(73)83)88(62-35-15-8-16-36-62)66-49-47-65(48-50-66)87(61-33-13-7-14-34-61)78-42-24-28-58-26-18-20-38-69(58)78/h5-56H,1-4H3. The summed E-state index contributed by atoms with van der Waals surface area (Å²) in [5, 5.41) is 7.30. The molecule has 2 aliphatic rings. The van der Waals surface area contributed by atoms with Gasteiger partial charge in [-0.3, -0.25) is 0 Å². The molecule has 0 N–H and O–H groups in total. The maximum Gasteiger partial charge on any atom is 0.0543 e. The van der Waals surface area contributed by atoms with Crippen LogP contribution in [0.4, 0.5) is 68.2 Å². The summed E-state index contributed by atoms with van der Waals surface area (Å²) in [7, 11) is 0. The van der Waals surface area contributed by atoms with Gasteiger partial charge in [-0.2, -0.15) is 0 Å². The molecular formula is C84H64N4. The Labute approximate surface area is 515 Å². The van der Waals surface area contributed by atoms with Crippen molar-refractivity contribution in [3.05, 3.63) is 338 Å². The Balaban J connectivity index is 0.787. The van der Waals surface area contributed by atoms with Gasteiger partial charge in [0.15, 0.2) is 0 Å². The van der Waals surface area contributed by atoms with Crippen LogP contribution in [0.15, 0.2) is 315 Å². The van der Waals surface area contributed by atoms with Crippen molar-refractivity contribution in [1.29, 1.82) is 0 Å². The van der Waals surface area contributed by atoms with Gasteiger partial charge in [0, 0.05) is 78.2 Å². The molecule has 0 fully saturated rings. The van der Waals surface area contributed by atoms with Gasteiger partial charge >= 0.3 is 0 Å². The lowest BCUT2D eigenvalue weighted by Gasteiger charge is -2.32. The molecule has 2 aliphatic carbocycles. The number of fused-ring (bicyclic) bond motifs is 11. The molecule has 0 aromatic heterocycles. The molecule has 0 heterocycles. The highest BCUT2D eigenvalue weighted by atomic mass is 15.2. The summed E-state index contributed by atoms with van der Waals surface area (Å²) in [6.45, 7) is 9.84. The van der Waals surface area contributed by atoms with Crippen molar-refractivity contribution < 1.29 is 0 Å². The SMILES string of the molecule is CC1(C)c2cc(N(c3ccccc3)c3ccc(N(c4ccccc4)c4cccc5ccccc45)cc3)ccc2-c2ccc3c(c21)C(C)(C)c1cc(N(c2ccccc2)c2ccc(N(c4ccccc4)c4cccc5ccccc45)cc2)c2ccccc2c1-3. The topological polar surface area (TPSA) is 13.0 Å². The van der Waals surface area contributed by atoms with E-state index in [9.17, 15) is 0 Å². The first-order chi connectivity index (χ1) is 43.2. The average Bonchev–Trinajstić information content (AvgIpc) is 1.55. The van der Waals surface area contributed by atoms with Gasteiger partial charge in [0.05, 0.1) is 17.1 Å². The predicted molar refractivity (Wildman–Crippen MR) is 373 cm³/mol. The van der Waals surface area contributed by atoms with Gasteiger partial charge in [0.25, 0.3) is 0 Å². The Morgan fingerprint density at radius 1 is 0.216 bits per heavy atom. The molecule has 0 amide bonds. The number of anilines is 12. The summed E-state index contributed by atoms with van der Waals surface area (Å²) in [6, 6.07) is 116. The van der Waals surface area contributed by atoms with Crippen LogP contribution < -0.4 is 19.6 Å². The second kappa shape index (κ2) is 20.9. The van der Waals surface area contributed by atoms with Crippen LogP contribution in [0.1, 0.15) is 49.9 Å². The number of rotatable bonds is 12. The molecule has 0 bridgehead atoms. The number of hydrogen-bond acceptors (Lipinski definition) is 4. The highest BCUT2D eigenvalue weighted by molar-refractivity contribution is 6.11. The lowest BCUT2D eigenvalue weighted by Crippen LogP contribution is -2.24. The highest BCUT2D eigenvalue weighted by Gasteiger charge is 2.47. The average molecular weight is 1130 g/mol. The van der Waals surface area contributed by atoms with Crippen molar-refractivity contribution >= 4 is 101 Å². The highest BCUT2D eigenvalue weighted by Crippen LogP contribution is 2.62. The number of benzene rings is 14. The summed E-state index contributed by atoms with van der Waals surface area (Å²) in [5.74, 6) is 0. The van der Waals surface area contributed by atoms with Crippen LogP contribution >= 0.6 is 0 Å². The quantitative estimate of drug-likeness (QED) is 0.121. The van der Waals surface area contributed by atoms with Crippen molar-refractivity contribution in [3.8, 4) is 22.3 Å². The Hall–Kier alpha value is -10.9. The fourth-order valence-electron chi connectivity index (χ4n) is 14.7. The minimum atomic E-state index is -0.352. The minimum absolute atomic E-state index is 0.331. The zero-order chi connectivity index (χ0) is 59.1. The number of nitrogens with zero attached hydrogens (tertiary/aromatic N) is 4. The van der Waals surface area contributed by atoms with Crippen LogP contribution in [0.5, 0.6) is 0 Å². The fraction of sp³-hybridized carbons (Fsp3) is 0.0714. The van der Waals surface area contributed by atoms with E-state index in [1.807, 2.05) is 0 Å². The summed E-state index contributed by atoms with van der Waals surface area (Å²) >= 11 is 0. The molecule has 0 spiro atoms. The zero-order valence-electron chi connectivity index (χ0n) is 49.8. The predicted octanol–water partition coefficient (Wildman–Crippen LogP) is 23.6. The molecule has 88 heavy (non-hydrogen) atoms. The van der Waals surface area contributed by atoms with Gasteiger partial charge in [-0.1, -0.05) is 216 Å². The molecular weight excluding hydrogens is 1060 g/mol.